The third-order valence-electron chi connectivity index (χ3n) is 23.0. The van der Waals surface area contributed by atoms with Gasteiger partial charge in [-0.15, -0.1) is 0 Å². The quantitative estimate of drug-likeness (QED) is 0.0234. The molecule has 0 saturated carbocycles. The number of aromatic nitrogens is 22. The number of aromatic amines is 5. The van der Waals surface area contributed by atoms with E-state index in [-0.39, 0.29) is 112 Å². The van der Waals surface area contributed by atoms with E-state index in [1.54, 1.807) is 0 Å². The van der Waals surface area contributed by atoms with Crippen molar-refractivity contribution in [1.29, 1.82) is 0 Å². The van der Waals surface area contributed by atoms with Crippen LogP contribution >= 0.6 is 39.1 Å². The van der Waals surface area contributed by atoms with Crippen LogP contribution in [0.3, 0.4) is 0 Å². The smallest absolute Gasteiger partial charge is 0.390 e. The van der Waals surface area contributed by atoms with E-state index in [2.05, 4.69) is 79.7 Å². The first-order valence-electron chi connectivity index (χ1n) is 41.4. The molecule has 23 atom stereocenters. The van der Waals surface area contributed by atoms with Crippen molar-refractivity contribution in [3.8, 4) is 0 Å². The van der Waals surface area contributed by atoms with Gasteiger partial charge in [0.25, 0.3) is 27.8 Å². The number of nitrogens with one attached hydrogen (secondary N) is 5. The predicted octanol–water partition coefficient (Wildman–Crippen LogP) is 0.0956. The van der Waals surface area contributed by atoms with Crippen LogP contribution in [-0.4, -0.2) is 250 Å². The van der Waals surface area contributed by atoms with Crippen molar-refractivity contribution in [2.24, 2.45) is 0 Å². The summed E-state index contributed by atoms with van der Waals surface area (Å²) >= 11 is 0. The zero-order valence-electron chi connectivity index (χ0n) is 70.5. The number of hydrogen-bond donors (Lipinski definition) is 16. The van der Waals surface area contributed by atoms with Crippen LogP contribution in [0.25, 0.3) is 66.6 Å². The van der Waals surface area contributed by atoms with Crippen molar-refractivity contribution in [2.45, 2.75) is 163 Å². The number of H-pyrrole nitrogens is 5. The van der Waals surface area contributed by atoms with Gasteiger partial charge < -0.3 is 91.4 Å². The van der Waals surface area contributed by atoms with Crippen molar-refractivity contribution < 1.29 is 131 Å². The summed E-state index contributed by atoms with van der Waals surface area (Å²) in [6.45, 7) is -3.93. The van der Waals surface area contributed by atoms with Crippen LogP contribution in [0.4, 0.5) is 29.6 Å². The van der Waals surface area contributed by atoms with E-state index in [1.807, 2.05) is 42.5 Å². The van der Waals surface area contributed by atoms with Crippen LogP contribution < -0.4 is 62.2 Å². The second kappa shape index (κ2) is 37.4. The lowest BCUT2D eigenvalue weighted by Crippen LogP contribution is -2.33. The SMILES string of the molecule is Cc1cn([C@H]2C[C@H](OP(=O)(O)OC[C@H]3O[C@@H](n4cnc5c(=O)[nH]c(N)nc54)C[C@@H]3OP(=O)(O)OC[C@H]3O[C@@H](n4cnc5c(=O)[nH]c(N)nc54)C[C@@H]3OP(=O)(O)OC[C@H]3O[C@@H](n4cnc5c(=O)[nH]c(N)nc54)C[C@@H]3OP(=O)(O)OC[C@H]3OC(n4cnc5c(N)ncnc54)C[C@@H]3OP(=O)(O)OC[C@H]3O[C@@H](n4cnc5c(=O)[nH]c(N)nc54)C[C@@H]3O)[C@@H](COCc3ccc4ccccc4c3)O2)c(=O)[nH]c1=O. The molecule has 0 aliphatic carbocycles. The van der Waals surface area contributed by atoms with Gasteiger partial charge in [0.1, 0.15) is 116 Å². The summed E-state index contributed by atoms with van der Waals surface area (Å²) < 4.78 is 180. The maximum absolute atomic E-state index is 14.7. The molecule has 11 aromatic heterocycles. The Hall–Kier alpha value is -11.4. The van der Waals surface area contributed by atoms with Crippen LogP contribution in [-0.2, 0) is 108 Å². The molecule has 21 N–H and O–H groups in total. The normalized spacial score (nSPS) is 27.6. The fourth-order valence-corrected chi connectivity index (χ4v) is 21.5. The molecule has 19 rings (SSSR count). The number of rotatable bonds is 35. The Bertz CT molecular complexity index is 7480. The standard InChI is InChI=1S/C71H82N27O34P5/c1-29-15-93(71(105)92-62(29)100)46-10-34(40(123-46)17-116-16-30-6-7-31-4-2-3-5-32(31)8-30)128-134(108,109)118-20-42-36(12-48(125-42)96-26-81-53-59(96)85-68(74)89-64(53)102)131-136(112,113)120-22-44-38(14-50(127-44)98-28-83-55-61(98)87-70(76)91-66(55)104)132-137(114,115)121-21-43-37(13-49(126-43)97-27-82-54-60(97)86-69(75)90-65(54)103)130-135(110,111)119-19-41-35(11-47(124-41)94-24-79-51-56(72)77-23-78-57(51)94)129-133(106,107)117-18-39-33(99)9-45(122-39)95-25-80-52-58(95)84-67(73)88-63(52)101/h2-8,15,23-28,33-50,99H,9-14,16-22H2,1H3,(H,106,107)(H,108,109)(H,110,111)(H,112,113)(H,114,115)(H2,72,77,78)(H,92,100,105)(H3,73,84,88,101)(H3,74,85,89,102)(H3,75,86,90,103)(H3,76,87,91,104)/t33-,34-,35-,36-,37-,38-,39+,40+,41+,42+,43+,44+,45+,46+,47?,48+,49+,50+/m0/s1. The minimum absolute atomic E-state index is 0.00274. The van der Waals surface area contributed by atoms with Crippen LogP contribution in [0.2, 0.25) is 0 Å². The Morgan fingerprint density at radius 1 is 0.380 bits per heavy atom. The summed E-state index contributed by atoms with van der Waals surface area (Å²) in [7, 11) is -27.7. The molecule has 13 aromatic rings. The third kappa shape index (κ3) is 20.2. The number of phosphoric ester groups is 5. The molecule has 17 heterocycles. The molecule has 2 aromatic carbocycles. The van der Waals surface area contributed by atoms with Crippen LogP contribution in [0, 0.1) is 6.92 Å². The summed E-state index contributed by atoms with van der Waals surface area (Å²) in [5.74, 6) is -1.45. The van der Waals surface area contributed by atoms with Gasteiger partial charge in [-0.2, -0.15) is 19.9 Å². The number of nitrogens with zero attached hydrogens (tertiary/aromatic N) is 17. The number of aryl methyl sites for hydroxylation is 1. The molecular weight excluding hydrogens is 1930 g/mol. The van der Waals surface area contributed by atoms with Gasteiger partial charge in [-0.3, -0.25) is 122 Å². The number of ether oxygens (including phenoxy) is 7. The number of phosphoric acid groups is 5. The maximum atomic E-state index is 14.7. The van der Waals surface area contributed by atoms with E-state index in [4.69, 9.17) is 107 Å². The highest BCUT2D eigenvalue weighted by Crippen LogP contribution is 2.57. The number of aliphatic hydroxyl groups is 1. The Balaban J connectivity index is 0.550. The topological polar surface area (TPSA) is 846 Å². The number of hydrogen-bond acceptors (Lipinski definition) is 45. The lowest BCUT2D eigenvalue weighted by atomic mass is 10.1. The molecule has 730 valence electrons. The van der Waals surface area contributed by atoms with Gasteiger partial charge >= 0.3 is 44.8 Å². The average Bonchev–Trinajstić information content (AvgIpc) is 1.63. The Labute approximate surface area is 761 Å². The van der Waals surface area contributed by atoms with E-state index < -0.39 is 247 Å². The van der Waals surface area contributed by atoms with Crippen molar-refractivity contribution >= 4 is 135 Å². The van der Waals surface area contributed by atoms with Gasteiger partial charge in [-0.1, -0.05) is 36.4 Å². The first-order chi connectivity index (χ1) is 65.3. The lowest BCUT2D eigenvalue weighted by molar-refractivity contribution is -0.0711. The molecule has 6 fully saturated rings. The minimum atomic E-state index is -5.69. The van der Waals surface area contributed by atoms with Crippen LogP contribution in [0.5, 0.6) is 0 Å². The lowest BCUT2D eigenvalue weighted by Gasteiger charge is -2.26. The molecule has 66 heteroatoms. The highest BCUT2D eigenvalue weighted by atomic mass is 31.2. The predicted molar refractivity (Wildman–Crippen MR) is 460 cm³/mol. The number of nitrogens with two attached hydrogens (primary N) is 5. The van der Waals surface area contributed by atoms with E-state index in [0.29, 0.717) is 0 Å². The summed E-state index contributed by atoms with van der Waals surface area (Å²) in [4.78, 5) is 193. The van der Waals surface area contributed by atoms with E-state index >= 15 is 0 Å². The number of imidazole rings is 5. The number of fused-ring (bicyclic) bond motifs is 6. The first-order valence-corrected chi connectivity index (χ1v) is 48.8. The first kappa shape index (κ1) is 94.5. The van der Waals surface area contributed by atoms with Gasteiger partial charge in [-0.05, 0) is 29.3 Å². The van der Waals surface area contributed by atoms with Crippen LogP contribution in [0.1, 0.15) is 87.0 Å². The molecule has 6 unspecified atom stereocenters. The number of aliphatic hydroxyl groups excluding tert-OH is 1. The monoisotopic (exact) mass is 2010 g/mol. The van der Waals surface area contributed by atoms with Gasteiger partial charge in [0.05, 0.1) is 84.0 Å². The van der Waals surface area contributed by atoms with Crippen molar-refractivity contribution in [3.05, 3.63) is 160 Å². The molecule has 0 spiro atoms. The third-order valence-corrected chi connectivity index (χ3v) is 28.1. The number of nitrogen functional groups attached to an aromatic ring is 5. The fraction of sp³-hybridized carbons (Fsp3) is 0.451. The second-order valence-electron chi connectivity index (χ2n) is 32.2. The molecule has 137 heavy (non-hydrogen) atoms. The molecule has 61 nitrogen and oxygen atoms in total. The summed E-state index contributed by atoms with van der Waals surface area (Å²) in [5.41, 5.74) is 24.7. The van der Waals surface area contributed by atoms with E-state index in [9.17, 15) is 81.2 Å². The van der Waals surface area contributed by atoms with E-state index in [0.717, 1.165) is 55.3 Å². The number of benzene rings is 2. The highest BCUT2D eigenvalue weighted by Gasteiger charge is 2.52. The highest BCUT2D eigenvalue weighted by molar-refractivity contribution is 7.48. The largest absolute Gasteiger partial charge is 0.472 e. The molecule has 6 aliphatic rings. The Morgan fingerprint density at radius 2 is 0.701 bits per heavy atom. The van der Waals surface area contributed by atoms with Gasteiger partial charge in [0.15, 0.2) is 56.1 Å². The van der Waals surface area contributed by atoms with Gasteiger partial charge in [-0.25, -0.2) is 62.5 Å². The Morgan fingerprint density at radius 3 is 1.08 bits per heavy atom. The molecule has 6 aliphatic heterocycles. The summed E-state index contributed by atoms with van der Waals surface area (Å²) in [6.07, 6.45) is -21.2. The molecular formula is C71H82N27O34P5. The zero-order chi connectivity index (χ0) is 96.2. The average molecular weight is 2010 g/mol. The molecule has 0 amide bonds. The van der Waals surface area contributed by atoms with E-state index in [1.165, 1.54) is 39.5 Å². The van der Waals surface area contributed by atoms with Gasteiger partial charge in [0.2, 0.25) is 23.8 Å². The molecule has 0 bridgehead atoms. The minimum Gasteiger partial charge on any atom is -0.390 e. The molecule has 6 saturated heterocycles. The number of anilines is 5. The summed E-state index contributed by atoms with van der Waals surface area (Å²) in [6, 6.07) is 13.2. The Kier molecular flexibility index (Phi) is 25.8. The van der Waals surface area contributed by atoms with Crippen molar-refractivity contribution in [3.63, 3.8) is 0 Å². The van der Waals surface area contributed by atoms with Crippen molar-refractivity contribution in [1.82, 2.24) is 107 Å². The van der Waals surface area contributed by atoms with Crippen molar-refractivity contribution in [2.75, 3.05) is 68.3 Å². The maximum Gasteiger partial charge on any atom is 0.472 e. The second-order valence-corrected chi connectivity index (χ2v) is 39.2. The van der Waals surface area contributed by atoms with Crippen LogP contribution in [0.15, 0.2) is 115 Å². The zero-order valence-corrected chi connectivity index (χ0v) is 75.0. The summed E-state index contributed by atoms with van der Waals surface area (Å²) in [5, 5.41) is 13.0. The fourth-order valence-electron chi connectivity index (χ4n) is 16.7. The molecule has 0 radical (unpaired) electrons. The van der Waals surface area contributed by atoms with Gasteiger partial charge in [0, 0.05) is 50.3 Å².